The maximum absolute atomic E-state index is 13.7. The minimum atomic E-state index is -0.204. The smallest absolute Gasteiger partial charge is 0.126 e. The Kier molecular flexibility index (Phi) is 4.72. The molecule has 3 unspecified atom stereocenters. The Bertz CT molecular complexity index is 416. The maximum Gasteiger partial charge on any atom is 0.126 e. The van der Waals surface area contributed by atoms with Gasteiger partial charge in [0.2, 0.25) is 0 Å². The Labute approximate surface area is 115 Å². The third-order valence-corrected chi connectivity index (χ3v) is 3.87. The van der Waals surface area contributed by atoms with Crippen LogP contribution in [0.4, 0.5) is 4.39 Å². The van der Waals surface area contributed by atoms with Crippen molar-refractivity contribution in [3.63, 3.8) is 0 Å². The van der Waals surface area contributed by atoms with Gasteiger partial charge in [-0.1, -0.05) is 15.9 Å². The van der Waals surface area contributed by atoms with Crippen molar-refractivity contribution < 1.29 is 9.13 Å². The molecule has 1 saturated heterocycles. The van der Waals surface area contributed by atoms with Gasteiger partial charge in [0.25, 0.3) is 0 Å². The summed E-state index contributed by atoms with van der Waals surface area (Å²) in [5, 5.41) is 0. The summed E-state index contributed by atoms with van der Waals surface area (Å²) >= 11 is 3.35. The van der Waals surface area contributed by atoms with E-state index in [2.05, 4.69) is 21.4 Å². The predicted octanol–water partition coefficient (Wildman–Crippen LogP) is 2.53. The zero-order chi connectivity index (χ0) is 13.1. The molecule has 0 spiro atoms. The average Bonchev–Trinajstić information content (AvgIpc) is 2.77. The lowest BCUT2D eigenvalue weighted by molar-refractivity contribution is 0.0319. The highest BCUT2D eigenvalue weighted by atomic mass is 79.9. The largest absolute Gasteiger partial charge is 0.374 e. The summed E-state index contributed by atoms with van der Waals surface area (Å²) in [5.41, 5.74) is 3.40. The van der Waals surface area contributed by atoms with Gasteiger partial charge in [-0.2, -0.15) is 0 Å². The van der Waals surface area contributed by atoms with Gasteiger partial charge in [0, 0.05) is 4.47 Å². The zero-order valence-electron chi connectivity index (χ0n) is 10.3. The fraction of sp³-hybridized carbons (Fsp3) is 0.538. The standard InChI is InChI=1S/C13H18BrFN2O/c1-8-2-5-13(18-8)12(17-16)7-9-6-10(14)3-4-11(9)15/h3-4,6,8,12-13,17H,2,5,7,16H2,1H3. The van der Waals surface area contributed by atoms with Gasteiger partial charge >= 0.3 is 0 Å². The summed E-state index contributed by atoms with van der Waals surface area (Å²) in [7, 11) is 0. The van der Waals surface area contributed by atoms with Gasteiger partial charge in [0.15, 0.2) is 0 Å². The molecule has 0 aliphatic carbocycles. The van der Waals surface area contributed by atoms with E-state index in [1.54, 1.807) is 12.1 Å². The van der Waals surface area contributed by atoms with E-state index in [0.717, 1.165) is 17.3 Å². The van der Waals surface area contributed by atoms with Crippen molar-refractivity contribution in [3.05, 3.63) is 34.1 Å². The number of halogens is 2. The number of hydrogen-bond acceptors (Lipinski definition) is 3. The number of benzene rings is 1. The molecule has 1 heterocycles. The molecule has 5 heteroatoms. The lowest BCUT2D eigenvalue weighted by Gasteiger charge is -2.23. The van der Waals surface area contributed by atoms with Crippen LogP contribution in [-0.4, -0.2) is 18.2 Å². The van der Waals surface area contributed by atoms with Crippen LogP contribution in [0.3, 0.4) is 0 Å². The lowest BCUT2D eigenvalue weighted by atomic mass is 9.99. The third-order valence-electron chi connectivity index (χ3n) is 3.38. The molecule has 0 aromatic heterocycles. The molecule has 18 heavy (non-hydrogen) atoms. The molecule has 1 aliphatic rings. The number of hydrazine groups is 1. The Morgan fingerprint density at radius 2 is 2.33 bits per heavy atom. The Morgan fingerprint density at radius 1 is 1.56 bits per heavy atom. The van der Waals surface area contributed by atoms with Gasteiger partial charge in [0.05, 0.1) is 18.2 Å². The fourth-order valence-corrected chi connectivity index (χ4v) is 2.77. The highest BCUT2D eigenvalue weighted by Gasteiger charge is 2.29. The van der Waals surface area contributed by atoms with Crippen LogP contribution >= 0.6 is 15.9 Å². The molecule has 3 atom stereocenters. The summed E-state index contributed by atoms with van der Waals surface area (Å²) in [6.45, 7) is 2.05. The van der Waals surface area contributed by atoms with E-state index in [4.69, 9.17) is 10.6 Å². The van der Waals surface area contributed by atoms with Gasteiger partial charge in [0.1, 0.15) is 5.82 Å². The molecule has 1 aromatic rings. The summed E-state index contributed by atoms with van der Waals surface area (Å²) in [6.07, 6.45) is 2.84. The number of ether oxygens (including phenoxy) is 1. The van der Waals surface area contributed by atoms with Crippen LogP contribution in [0.5, 0.6) is 0 Å². The zero-order valence-corrected chi connectivity index (χ0v) is 11.9. The highest BCUT2D eigenvalue weighted by molar-refractivity contribution is 9.10. The predicted molar refractivity (Wildman–Crippen MR) is 72.5 cm³/mol. The van der Waals surface area contributed by atoms with Gasteiger partial charge in [-0.05, 0) is 49.9 Å². The van der Waals surface area contributed by atoms with Crippen molar-refractivity contribution in [3.8, 4) is 0 Å². The maximum atomic E-state index is 13.7. The van der Waals surface area contributed by atoms with Crippen LogP contribution in [0.1, 0.15) is 25.3 Å². The van der Waals surface area contributed by atoms with Gasteiger partial charge in [-0.3, -0.25) is 11.3 Å². The van der Waals surface area contributed by atoms with Crippen molar-refractivity contribution in [1.29, 1.82) is 0 Å². The third kappa shape index (κ3) is 3.29. The molecule has 1 aliphatic heterocycles. The quantitative estimate of drug-likeness (QED) is 0.663. The Balaban J connectivity index is 2.08. The first-order chi connectivity index (χ1) is 8.60. The monoisotopic (exact) mass is 316 g/mol. The van der Waals surface area contributed by atoms with Crippen molar-refractivity contribution in [2.45, 2.75) is 44.4 Å². The van der Waals surface area contributed by atoms with Crippen LogP contribution in [0.2, 0.25) is 0 Å². The highest BCUT2D eigenvalue weighted by Crippen LogP contribution is 2.24. The normalized spacial score (nSPS) is 25.3. The minimum absolute atomic E-state index is 0.0567. The fourth-order valence-electron chi connectivity index (χ4n) is 2.36. The minimum Gasteiger partial charge on any atom is -0.374 e. The number of nitrogens with one attached hydrogen (secondary N) is 1. The first-order valence-electron chi connectivity index (χ1n) is 6.15. The summed E-state index contributed by atoms with van der Waals surface area (Å²) in [6, 6.07) is 4.89. The topological polar surface area (TPSA) is 47.3 Å². The molecule has 1 aromatic carbocycles. The second kappa shape index (κ2) is 6.10. The van der Waals surface area contributed by atoms with Crippen molar-refractivity contribution >= 4 is 15.9 Å². The molecular formula is C13H18BrFN2O. The molecule has 0 bridgehead atoms. The van der Waals surface area contributed by atoms with Crippen LogP contribution in [0.15, 0.2) is 22.7 Å². The van der Waals surface area contributed by atoms with E-state index in [0.29, 0.717) is 12.0 Å². The molecule has 2 rings (SSSR count). The van der Waals surface area contributed by atoms with Crippen molar-refractivity contribution in [2.24, 2.45) is 5.84 Å². The second-order valence-electron chi connectivity index (χ2n) is 4.78. The summed E-state index contributed by atoms with van der Waals surface area (Å²) in [5.74, 6) is 5.37. The van der Waals surface area contributed by atoms with E-state index in [1.165, 1.54) is 6.07 Å². The van der Waals surface area contributed by atoms with Crippen LogP contribution in [0, 0.1) is 5.82 Å². The van der Waals surface area contributed by atoms with E-state index in [-0.39, 0.29) is 24.1 Å². The van der Waals surface area contributed by atoms with E-state index in [9.17, 15) is 4.39 Å². The van der Waals surface area contributed by atoms with Crippen molar-refractivity contribution in [1.82, 2.24) is 5.43 Å². The van der Waals surface area contributed by atoms with Gasteiger partial charge in [-0.25, -0.2) is 4.39 Å². The first-order valence-corrected chi connectivity index (χ1v) is 6.95. The van der Waals surface area contributed by atoms with Crippen LogP contribution in [0.25, 0.3) is 0 Å². The molecule has 3 N–H and O–H groups in total. The molecular weight excluding hydrogens is 299 g/mol. The Hall–Kier alpha value is -0.490. The molecule has 1 fully saturated rings. The number of nitrogens with two attached hydrogens (primary N) is 1. The molecule has 100 valence electrons. The first kappa shape index (κ1) is 13.9. The molecule has 0 saturated carbocycles. The Morgan fingerprint density at radius 3 is 2.94 bits per heavy atom. The summed E-state index contributed by atoms with van der Waals surface area (Å²) < 4.78 is 20.4. The van der Waals surface area contributed by atoms with Crippen LogP contribution < -0.4 is 11.3 Å². The summed E-state index contributed by atoms with van der Waals surface area (Å²) in [4.78, 5) is 0. The van der Waals surface area contributed by atoms with Gasteiger partial charge in [-0.15, -0.1) is 0 Å². The van der Waals surface area contributed by atoms with Gasteiger partial charge < -0.3 is 4.74 Å². The van der Waals surface area contributed by atoms with Crippen LogP contribution in [-0.2, 0) is 11.2 Å². The van der Waals surface area contributed by atoms with E-state index >= 15 is 0 Å². The average molecular weight is 317 g/mol. The van der Waals surface area contributed by atoms with E-state index in [1.807, 2.05) is 6.92 Å². The number of hydrogen-bond donors (Lipinski definition) is 2. The number of rotatable bonds is 4. The lowest BCUT2D eigenvalue weighted by Crippen LogP contribution is -2.45. The molecule has 0 amide bonds. The molecule has 3 nitrogen and oxygen atoms in total. The van der Waals surface area contributed by atoms with Crippen molar-refractivity contribution in [2.75, 3.05) is 0 Å². The van der Waals surface area contributed by atoms with E-state index < -0.39 is 0 Å². The SMILES string of the molecule is CC1CCC(C(Cc2cc(Br)ccc2F)NN)O1. The molecule has 0 radical (unpaired) electrons. The second-order valence-corrected chi connectivity index (χ2v) is 5.69.